The Kier molecular flexibility index (Phi) is 4.15. The molecule has 0 bridgehead atoms. The molecule has 1 saturated heterocycles. The lowest BCUT2D eigenvalue weighted by atomic mass is 10.1. The molecule has 19 heavy (non-hydrogen) atoms. The summed E-state index contributed by atoms with van der Waals surface area (Å²) in [6, 6.07) is 3.32. The molecule has 0 radical (unpaired) electrons. The number of nitrogens with one attached hydrogen (secondary N) is 2. The number of hydrogen-bond acceptors (Lipinski definition) is 2. The van der Waals surface area contributed by atoms with E-state index in [0.29, 0.717) is 6.42 Å². The van der Waals surface area contributed by atoms with Crippen LogP contribution in [0.25, 0.3) is 0 Å². The van der Waals surface area contributed by atoms with Crippen molar-refractivity contribution >= 4 is 27.5 Å². The quantitative estimate of drug-likeness (QED) is 0.871. The van der Waals surface area contributed by atoms with E-state index in [0.717, 1.165) is 19.0 Å². The van der Waals surface area contributed by atoms with Crippen LogP contribution in [0.5, 0.6) is 0 Å². The van der Waals surface area contributed by atoms with Gasteiger partial charge in [0, 0.05) is 10.2 Å². The molecule has 0 aromatic heterocycles. The summed E-state index contributed by atoms with van der Waals surface area (Å²) in [6.45, 7) is 0.756. The highest BCUT2D eigenvalue weighted by Crippen LogP contribution is 2.36. The Morgan fingerprint density at radius 2 is 2.16 bits per heavy atom. The van der Waals surface area contributed by atoms with Crippen molar-refractivity contribution in [2.75, 3.05) is 11.9 Å². The number of hydrogen-bond donors (Lipinski definition) is 2. The minimum atomic E-state index is -4.45. The van der Waals surface area contributed by atoms with E-state index in [9.17, 15) is 18.0 Å². The summed E-state index contributed by atoms with van der Waals surface area (Å²) in [4.78, 5) is 11.8. The predicted molar refractivity (Wildman–Crippen MR) is 68.8 cm³/mol. The lowest BCUT2D eigenvalue weighted by molar-refractivity contribution is -0.138. The highest BCUT2D eigenvalue weighted by molar-refractivity contribution is 9.10. The molecule has 7 heteroatoms. The number of halogens is 4. The molecule has 0 spiro atoms. The van der Waals surface area contributed by atoms with E-state index in [1.807, 2.05) is 0 Å². The Morgan fingerprint density at radius 1 is 1.42 bits per heavy atom. The zero-order chi connectivity index (χ0) is 14.0. The van der Waals surface area contributed by atoms with Crippen molar-refractivity contribution in [1.82, 2.24) is 5.32 Å². The van der Waals surface area contributed by atoms with E-state index < -0.39 is 11.7 Å². The molecule has 1 atom stereocenters. The minimum Gasteiger partial charge on any atom is -0.325 e. The van der Waals surface area contributed by atoms with Gasteiger partial charge in [0.25, 0.3) is 0 Å². The maximum Gasteiger partial charge on any atom is 0.417 e. The maximum atomic E-state index is 12.7. The van der Waals surface area contributed by atoms with Gasteiger partial charge in [0.05, 0.1) is 11.6 Å². The van der Waals surface area contributed by atoms with Gasteiger partial charge in [-0.3, -0.25) is 4.79 Å². The second kappa shape index (κ2) is 5.50. The molecule has 0 saturated carbocycles. The standard InChI is InChI=1S/C12H12BrF3N2O/c13-9-4-3-7(6-8(9)12(14,15)16)18-11(19)10-2-1-5-17-10/h3-4,6,10,17H,1-2,5H2,(H,18,19)/t10-/m1/s1. The smallest absolute Gasteiger partial charge is 0.325 e. The molecule has 0 aliphatic carbocycles. The number of amides is 1. The van der Waals surface area contributed by atoms with E-state index in [1.165, 1.54) is 12.1 Å². The number of benzene rings is 1. The van der Waals surface area contributed by atoms with Gasteiger partial charge in [0.15, 0.2) is 0 Å². The Balaban J connectivity index is 2.15. The molecule has 2 rings (SSSR count). The molecule has 1 aromatic rings. The monoisotopic (exact) mass is 336 g/mol. The van der Waals surface area contributed by atoms with Gasteiger partial charge in [0.1, 0.15) is 0 Å². The van der Waals surface area contributed by atoms with Crippen molar-refractivity contribution < 1.29 is 18.0 Å². The number of alkyl halides is 3. The van der Waals surface area contributed by atoms with Gasteiger partial charge in [-0.05, 0) is 37.6 Å². The third kappa shape index (κ3) is 3.48. The third-order valence-electron chi connectivity index (χ3n) is 2.92. The fourth-order valence-corrected chi connectivity index (χ4v) is 2.43. The Labute approximate surface area is 116 Å². The van der Waals surface area contributed by atoms with Crippen LogP contribution in [0.4, 0.5) is 18.9 Å². The summed E-state index contributed by atoms with van der Waals surface area (Å²) in [6.07, 6.45) is -2.86. The largest absolute Gasteiger partial charge is 0.417 e. The highest BCUT2D eigenvalue weighted by atomic mass is 79.9. The molecular formula is C12H12BrF3N2O. The zero-order valence-electron chi connectivity index (χ0n) is 9.85. The fourth-order valence-electron chi connectivity index (χ4n) is 1.96. The van der Waals surface area contributed by atoms with Crippen LogP contribution in [-0.2, 0) is 11.0 Å². The van der Waals surface area contributed by atoms with Gasteiger partial charge in [-0.25, -0.2) is 0 Å². The molecule has 1 fully saturated rings. The van der Waals surface area contributed by atoms with Crippen molar-refractivity contribution in [3.8, 4) is 0 Å². The van der Waals surface area contributed by atoms with Crippen LogP contribution >= 0.6 is 15.9 Å². The second-order valence-corrected chi connectivity index (χ2v) is 5.18. The first-order chi connectivity index (χ1) is 8.88. The molecule has 1 aliphatic rings. The first-order valence-corrected chi connectivity index (χ1v) is 6.58. The van der Waals surface area contributed by atoms with Crippen LogP contribution < -0.4 is 10.6 Å². The summed E-state index contributed by atoms with van der Waals surface area (Å²) >= 11 is 2.85. The van der Waals surface area contributed by atoms with Crippen LogP contribution in [0.2, 0.25) is 0 Å². The highest BCUT2D eigenvalue weighted by Gasteiger charge is 2.33. The summed E-state index contributed by atoms with van der Waals surface area (Å²) in [5, 5.41) is 5.49. The average Bonchev–Trinajstić information content (AvgIpc) is 2.83. The fraction of sp³-hybridized carbons (Fsp3) is 0.417. The van der Waals surface area contributed by atoms with Crippen molar-refractivity contribution in [2.24, 2.45) is 0 Å². The molecular weight excluding hydrogens is 325 g/mol. The van der Waals surface area contributed by atoms with Crippen molar-refractivity contribution in [3.63, 3.8) is 0 Å². The van der Waals surface area contributed by atoms with Crippen LogP contribution in [0.1, 0.15) is 18.4 Å². The van der Waals surface area contributed by atoms with Gasteiger partial charge >= 0.3 is 6.18 Å². The predicted octanol–water partition coefficient (Wildman–Crippen LogP) is 3.16. The number of rotatable bonds is 2. The maximum absolute atomic E-state index is 12.7. The molecule has 0 unspecified atom stereocenters. The van der Waals surface area contributed by atoms with Gasteiger partial charge in [-0.1, -0.05) is 15.9 Å². The van der Waals surface area contributed by atoms with Crippen LogP contribution in [0.15, 0.2) is 22.7 Å². The van der Waals surface area contributed by atoms with Crippen molar-refractivity contribution in [2.45, 2.75) is 25.1 Å². The molecule has 1 amide bonds. The van der Waals surface area contributed by atoms with Gasteiger partial charge in [-0.2, -0.15) is 13.2 Å². The van der Waals surface area contributed by atoms with E-state index in [4.69, 9.17) is 0 Å². The summed E-state index contributed by atoms with van der Waals surface area (Å²) in [5.41, 5.74) is -0.654. The van der Waals surface area contributed by atoms with Crippen LogP contribution in [-0.4, -0.2) is 18.5 Å². The van der Waals surface area contributed by atoms with E-state index in [1.54, 1.807) is 0 Å². The first kappa shape index (κ1) is 14.3. The molecule has 3 nitrogen and oxygen atoms in total. The molecule has 1 aliphatic heterocycles. The van der Waals surface area contributed by atoms with Gasteiger partial charge < -0.3 is 10.6 Å². The average molecular weight is 337 g/mol. The molecule has 104 valence electrons. The topological polar surface area (TPSA) is 41.1 Å². The van der Waals surface area contributed by atoms with E-state index in [-0.39, 0.29) is 22.1 Å². The Bertz CT molecular complexity index is 484. The van der Waals surface area contributed by atoms with Gasteiger partial charge in [-0.15, -0.1) is 0 Å². The molecule has 1 heterocycles. The third-order valence-corrected chi connectivity index (χ3v) is 3.61. The van der Waals surface area contributed by atoms with Crippen molar-refractivity contribution in [3.05, 3.63) is 28.2 Å². The van der Waals surface area contributed by atoms with E-state index in [2.05, 4.69) is 26.6 Å². The first-order valence-electron chi connectivity index (χ1n) is 5.79. The number of carbonyl (C=O) groups is 1. The SMILES string of the molecule is O=C(Nc1ccc(Br)c(C(F)(F)F)c1)[C@H]1CCCN1. The Morgan fingerprint density at radius 3 is 2.74 bits per heavy atom. The van der Waals surface area contributed by atoms with E-state index >= 15 is 0 Å². The molecule has 2 N–H and O–H groups in total. The number of carbonyl (C=O) groups excluding carboxylic acids is 1. The van der Waals surface area contributed by atoms with Crippen LogP contribution in [0, 0.1) is 0 Å². The lowest BCUT2D eigenvalue weighted by Crippen LogP contribution is -2.35. The summed E-state index contributed by atoms with van der Waals surface area (Å²) in [7, 11) is 0. The summed E-state index contributed by atoms with van der Waals surface area (Å²) in [5.74, 6) is -0.298. The second-order valence-electron chi connectivity index (χ2n) is 4.33. The van der Waals surface area contributed by atoms with Crippen LogP contribution in [0.3, 0.4) is 0 Å². The summed E-state index contributed by atoms with van der Waals surface area (Å²) < 4.78 is 38.1. The zero-order valence-corrected chi connectivity index (χ0v) is 11.4. The molecule has 1 aromatic carbocycles. The number of anilines is 1. The normalized spacial score (nSPS) is 19.5. The van der Waals surface area contributed by atoms with Gasteiger partial charge in [0.2, 0.25) is 5.91 Å². The lowest BCUT2D eigenvalue weighted by Gasteiger charge is -2.14. The van der Waals surface area contributed by atoms with Crippen molar-refractivity contribution in [1.29, 1.82) is 0 Å². The Hall–Kier alpha value is -1.08. The minimum absolute atomic E-state index is 0.0445.